The minimum Gasteiger partial charge on any atom is -0.200 e. The van der Waals surface area contributed by atoms with Gasteiger partial charge in [-0.2, -0.15) is 224 Å². The van der Waals surface area contributed by atoms with Gasteiger partial charge in [-0.1, -0.05) is 6.92 Å². The molecule has 0 unspecified atom stereocenters. The summed E-state index contributed by atoms with van der Waals surface area (Å²) in [6.07, 6.45) is -11.8. The van der Waals surface area contributed by atoms with E-state index in [1.807, 2.05) is 0 Å². The van der Waals surface area contributed by atoms with E-state index in [9.17, 15) is 224 Å². The summed E-state index contributed by atoms with van der Waals surface area (Å²) in [5, 5.41) is 0. The van der Waals surface area contributed by atoms with E-state index in [1.165, 1.54) is 0 Å². The van der Waals surface area contributed by atoms with Crippen LogP contribution in [0.3, 0.4) is 0 Å². The van der Waals surface area contributed by atoms with E-state index in [0.29, 0.717) is 0 Å². The van der Waals surface area contributed by atoms with Crippen LogP contribution in [-0.4, -0.2) is 148 Å². The van der Waals surface area contributed by atoms with Crippen LogP contribution in [0.25, 0.3) is 0 Å². The molecule has 470 valence electrons. The summed E-state index contributed by atoms with van der Waals surface area (Å²) in [7, 11) is 0. The van der Waals surface area contributed by atoms with Crippen LogP contribution < -0.4 is 0 Å². The van der Waals surface area contributed by atoms with Crippen LogP contribution >= 0.6 is 0 Å². The van der Waals surface area contributed by atoms with Gasteiger partial charge in [-0.15, -0.1) is 0 Å². The van der Waals surface area contributed by atoms with Crippen LogP contribution in [0.1, 0.15) is 13.3 Å². The standard InChI is InChI=1S/C27H5F51/c1-2-3(28,29)4(30,31)5(32,33)6(34,35)7(36,37)8(38,39)9(40,41)10(42,43)11(44,45)12(46,47)13(48,49)14(50,51)15(52,53)16(54,55)17(56,57)18(58,59)19(60,61)20(62,63)21(64,65)22(66,67)23(68,69)24(70,71)25(72,73)26(74,75)27(76,77)78/h2H2,1H3. The molecular formula is C27H5F51. The van der Waals surface area contributed by atoms with Gasteiger partial charge in [0.25, 0.3) is 0 Å². The molecule has 0 heterocycles. The first-order chi connectivity index (χ1) is 32.6. The lowest BCUT2D eigenvalue weighted by Crippen LogP contribution is -2.81. The third kappa shape index (κ3) is 7.96. The van der Waals surface area contributed by atoms with Gasteiger partial charge < -0.3 is 0 Å². The Balaban J connectivity index is 8.23. The van der Waals surface area contributed by atoms with Crippen molar-refractivity contribution in [3.05, 3.63) is 0 Å². The molecule has 0 amide bonds. The highest BCUT2D eigenvalue weighted by Crippen LogP contribution is 2.73. The molecule has 0 nitrogen and oxygen atoms in total. The van der Waals surface area contributed by atoms with E-state index in [1.54, 1.807) is 0 Å². The normalized spacial score (nSPS) is 17.5. The second kappa shape index (κ2) is 17.7. The van der Waals surface area contributed by atoms with Gasteiger partial charge in [-0.25, -0.2) is 0 Å². The third-order valence-electron chi connectivity index (χ3n) is 9.93. The number of rotatable bonds is 24. The molecule has 0 fully saturated rings. The van der Waals surface area contributed by atoms with E-state index >= 15 is 0 Å². The maximum absolute atomic E-state index is 14.1. The SMILES string of the molecule is CCC(F)(F)C(F)(F)C(F)(F)C(F)(F)C(F)(F)C(F)(F)C(F)(F)C(F)(F)C(F)(F)C(F)(F)C(F)(F)C(F)(F)C(F)(F)C(F)(F)C(F)(F)C(F)(F)C(F)(F)C(F)(F)C(F)(F)C(F)(F)C(F)(F)C(F)(F)C(F)(F)C(F)(F)C(F)(F)F. The fourth-order valence-corrected chi connectivity index (χ4v) is 4.77. The van der Waals surface area contributed by atoms with Gasteiger partial charge in [0.1, 0.15) is 0 Å². The molecular weight excluding hydrogens is 1290 g/mol. The predicted molar refractivity (Wildman–Crippen MR) is 135 cm³/mol. The van der Waals surface area contributed by atoms with E-state index < -0.39 is 162 Å². The monoisotopic (exact) mass is 1300 g/mol. The van der Waals surface area contributed by atoms with Gasteiger partial charge in [0.15, 0.2) is 0 Å². The van der Waals surface area contributed by atoms with Crippen LogP contribution in [0.2, 0.25) is 0 Å². The van der Waals surface area contributed by atoms with Gasteiger partial charge in [-0.05, 0) is 0 Å². The van der Waals surface area contributed by atoms with Gasteiger partial charge in [-0.3, -0.25) is 0 Å². The summed E-state index contributed by atoms with van der Waals surface area (Å²) in [6, 6.07) is 0. The first-order valence-electron chi connectivity index (χ1n) is 16.7. The van der Waals surface area contributed by atoms with Gasteiger partial charge in [0.05, 0.1) is 0 Å². The van der Waals surface area contributed by atoms with Crippen LogP contribution in [-0.2, 0) is 0 Å². The Bertz CT molecular complexity index is 2150. The Morgan fingerprint density at radius 3 is 0.282 bits per heavy atom. The van der Waals surface area contributed by atoms with E-state index in [2.05, 4.69) is 0 Å². The van der Waals surface area contributed by atoms with Gasteiger partial charge in [0, 0.05) is 6.42 Å². The molecule has 0 rings (SSSR count). The van der Waals surface area contributed by atoms with Crippen molar-refractivity contribution in [3.63, 3.8) is 0 Å². The first kappa shape index (κ1) is 74.4. The maximum Gasteiger partial charge on any atom is 0.460 e. The zero-order chi connectivity index (χ0) is 65.2. The van der Waals surface area contributed by atoms with Crippen LogP contribution in [0.4, 0.5) is 224 Å². The molecule has 51 heteroatoms. The molecule has 0 aromatic heterocycles. The first-order valence-corrected chi connectivity index (χ1v) is 16.7. The van der Waals surface area contributed by atoms with Gasteiger partial charge >= 0.3 is 148 Å². The molecule has 0 saturated heterocycles. The molecule has 0 aromatic rings. The molecule has 0 aliphatic rings. The summed E-state index contributed by atoms with van der Waals surface area (Å²) >= 11 is 0. The van der Waals surface area contributed by atoms with Crippen molar-refractivity contribution in [2.24, 2.45) is 0 Å². The second-order valence-electron chi connectivity index (χ2n) is 14.8. The fraction of sp³-hybridized carbons (Fsp3) is 1.00. The zero-order valence-electron chi connectivity index (χ0n) is 33.5. The second-order valence-corrected chi connectivity index (χ2v) is 14.8. The third-order valence-corrected chi connectivity index (χ3v) is 9.93. The van der Waals surface area contributed by atoms with E-state index in [4.69, 9.17) is 0 Å². The zero-order valence-corrected chi connectivity index (χ0v) is 33.5. The molecule has 0 spiro atoms. The summed E-state index contributed by atoms with van der Waals surface area (Å²) in [5.41, 5.74) is 0. The Labute approximate surface area is 387 Å². The van der Waals surface area contributed by atoms with Crippen LogP contribution in [0, 0.1) is 0 Å². The largest absolute Gasteiger partial charge is 0.460 e. The Morgan fingerprint density at radius 2 is 0.205 bits per heavy atom. The van der Waals surface area contributed by atoms with Crippen molar-refractivity contribution in [3.8, 4) is 0 Å². The summed E-state index contributed by atoms with van der Waals surface area (Å²) in [5.74, 6) is -246. The minimum atomic E-state index is -11.0. The predicted octanol–water partition coefficient (Wildman–Crippen LogP) is 17.2. The average Bonchev–Trinajstić information content (AvgIpc) is 3.21. The average molecular weight is 1300 g/mol. The maximum atomic E-state index is 14.1. The minimum absolute atomic E-state index is 0.599. The summed E-state index contributed by atoms with van der Waals surface area (Å²) in [4.78, 5) is 0. The van der Waals surface area contributed by atoms with Crippen molar-refractivity contribution in [1.29, 1.82) is 0 Å². The van der Waals surface area contributed by atoms with Crippen molar-refractivity contribution in [2.45, 2.75) is 162 Å². The fourth-order valence-electron chi connectivity index (χ4n) is 4.77. The molecule has 0 aromatic carbocycles. The van der Waals surface area contributed by atoms with E-state index in [-0.39, 0.29) is 0 Å². The Kier molecular flexibility index (Phi) is 16.9. The van der Waals surface area contributed by atoms with Crippen molar-refractivity contribution in [2.75, 3.05) is 0 Å². The molecule has 78 heavy (non-hydrogen) atoms. The number of hydrogen-bond donors (Lipinski definition) is 0. The lowest BCUT2D eigenvalue weighted by molar-refractivity contribution is -0.499. The smallest absolute Gasteiger partial charge is 0.200 e. The lowest BCUT2D eigenvalue weighted by Gasteiger charge is -2.48. The number of hydrogen-bond acceptors (Lipinski definition) is 0. The Hall–Kier alpha value is -3.57. The highest BCUT2D eigenvalue weighted by Gasteiger charge is 3.05. The van der Waals surface area contributed by atoms with Gasteiger partial charge in [0.2, 0.25) is 0 Å². The molecule has 0 radical (unpaired) electrons. The van der Waals surface area contributed by atoms with Crippen LogP contribution in [0.15, 0.2) is 0 Å². The molecule has 0 bridgehead atoms. The van der Waals surface area contributed by atoms with Crippen molar-refractivity contribution in [1.82, 2.24) is 0 Å². The van der Waals surface area contributed by atoms with Crippen molar-refractivity contribution < 1.29 is 224 Å². The van der Waals surface area contributed by atoms with Crippen LogP contribution in [0.5, 0.6) is 0 Å². The highest BCUT2D eigenvalue weighted by molar-refractivity contribution is 5.25. The number of halogens is 51. The summed E-state index contributed by atoms with van der Waals surface area (Å²) < 4.78 is 701. The Morgan fingerprint density at radius 1 is 0.128 bits per heavy atom. The topological polar surface area (TPSA) is 0 Å². The van der Waals surface area contributed by atoms with E-state index in [0.717, 1.165) is 0 Å². The molecule has 0 atom stereocenters. The quantitative estimate of drug-likeness (QED) is 0.0845. The molecule has 0 saturated carbocycles. The molecule has 0 aliphatic heterocycles. The van der Waals surface area contributed by atoms with Crippen molar-refractivity contribution >= 4 is 0 Å². The number of alkyl halides is 51. The highest BCUT2D eigenvalue weighted by atomic mass is 19.5. The molecule has 0 N–H and O–H groups in total. The molecule has 0 aliphatic carbocycles. The summed E-state index contributed by atoms with van der Waals surface area (Å²) in [6.45, 7) is -0.599. The lowest BCUT2D eigenvalue weighted by atomic mass is 9.81.